The predicted molar refractivity (Wildman–Crippen MR) is 153 cm³/mol. The van der Waals surface area contributed by atoms with Crippen LogP contribution in [0.1, 0.15) is 37.2 Å². The molecule has 2 aromatic rings. The van der Waals surface area contributed by atoms with Crippen LogP contribution in [0.4, 0.5) is 10.1 Å². The first-order valence-electron chi connectivity index (χ1n) is 15.0. The van der Waals surface area contributed by atoms with Crippen molar-refractivity contribution in [3.8, 4) is 0 Å². The van der Waals surface area contributed by atoms with Crippen LogP contribution in [0.25, 0.3) is 0 Å². The Morgan fingerprint density at radius 3 is 2.51 bits per heavy atom. The number of Topliss-reactive ketones (excluding diaryl/α,β-unsaturated/α-hetero) is 1. The highest BCUT2D eigenvalue weighted by Gasteiger charge is 2.60. The van der Waals surface area contributed by atoms with E-state index in [-0.39, 0.29) is 36.0 Å². The van der Waals surface area contributed by atoms with Crippen molar-refractivity contribution in [1.29, 1.82) is 0 Å². The minimum atomic E-state index is -1.20. The maximum absolute atomic E-state index is 16.2. The highest BCUT2D eigenvalue weighted by molar-refractivity contribution is 6.24. The van der Waals surface area contributed by atoms with Gasteiger partial charge in [-0.15, -0.1) is 0 Å². The highest BCUT2D eigenvalue weighted by Crippen LogP contribution is 2.48. The molecule has 1 aromatic carbocycles. The molecular formula is C32H38FN5O3. The summed E-state index contributed by atoms with van der Waals surface area (Å²) in [4.78, 5) is 38.2. The van der Waals surface area contributed by atoms with Crippen LogP contribution < -0.4 is 5.32 Å². The van der Waals surface area contributed by atoms with Crippen molar-refractivity contribution in [2.75, 3.05) is 38.5 Å². The van der Waals surface area contributed by atoms with Crippen LogP contribution in [0.15, 0.2) is 66.6 Å². The van der Waals surface area contributed by atoms with Crippen molar-refractivity contribution in [2.24, 2.45) is 5.92 Å². The number of morpholine rings is 1. The van der Waals surface area contributed by atoms with E-state index in [0.717, 1.165) is 45.4 Å². The third kappa shape index (κ3) is 4.87. The maximum Gasteiger partial charge on any atom is 0.260 e. The van der Waals surface area contributed by atoms with E-state index in [0.29, 0.717) is 11.6 Å². The molecule has 1 amide bonds. The number of nitrogens with one attached hydrogen (secondary N) is 1. The summed E-state index contributed by atoms with van der Waals surface area (Å²) in [6.45, 7) is 3.34. The molecule has 2 aliphatic carbocycles. The van der Waals surface area contributed by atoms with Crippen molar-refractivity contribution in [1.82, 2.24) is 19.7 Å². The van der Waals surface area contributed by atoms with Gasteiger partial charge >= 0.3 is 0 Å². The molecule has 3 aliphatic heterocycles. The number of pyridine rings is 1. The zero-order valence-electron chi connectivity index (χ0n) is 23.4. The average Bonchev–Trinajstić information content (AvgIpc) is 3.00. The number of piperazine rings is 1. The lowest BCUT2D eigenvalue weighted by Gasteiger charge is -2.61. The fourth-order valence-electron chi connectivity index (χ4n) is 7.96. The van der Waals surface area contributed by atoms with Gasteiger partial charge < -0.3 is 19.9 Å². The van der Waals surface area contributed by atoms with E-state index in [2.05, 4.69) is 56.3 Å². The summed E-state index contributed by atoms with van der Waals surface area (Å²) in [6, 6.07) is 13.3. The molecule has 8 nitrogen and oxygen atoms in total. The van der Waals surface area contributed by atoms with Crippen molar-refractivity contribution >= 4 is 17.4 Å². The number of ether oxygens (including phenoxy) is 1. The molecule has 2 saturated heterocycles. The van der Waals surface area contributed by atoms with Gasteiger partial charge in [-0.3, -0.25) is 19.5 Å². The molecule has 9 heteroatoms. The van der Waals surface area contributed by atoms with Gasteiger partial charge in [-0.25, -0.2) is 4.39 Å². The number of carbonyl (C=O) groups is 2. The predicted octanol–water partition coefficient (Wildman–Crippen LogP) is 3.24. The van der Waals surface area contributed by atoms with Crippen LogP contribution in [-0.2, 0) is 14.3 Å². The lowest BCUT2D eigenvalue weighted by atomic mass is 9.68. The van der Waals surface area contributed by atoms with Gasteiger partial charge in [-0.2, -0.15) is 0 Å². The molecule has 4 fully saturated rings. The number of fused-ring (bicyclic) bond motifs is 2. The fraction of sp³-hybridized carbons (Fsp3) is 0.531. The molecule has 0 bridgehead atoms. The van der Waals surface area contributed by atoms with Gasteiger partial charge in [0.2, 0.25) is 0 Å². The molecule has 0 radical (unpaired) electrons. The number of nitrogens with zero attached hydrogens (tertiary/aromatic N) is 4. The zero-order valence-corrected chi connectivity index (χ0v) is 23.4. The van der Waals surface area contributed by atoms with Crippen LogP contribution in [0, 0.1) is 5.92 Å². The minimum absolute atomic E-state index is 0.0128. The van der Waals surface area contributed by atoms with Crippen LogP contribution in [0.2, 0.25) is 0 Å². The van der Waals surface area contributed by atoms with Gasteiger partial charge in [-0.05, 0) is 56.3 Å². The second-order valence-electron chi connectivity index (χ2n) is 12.4. The van der Waals surface area contributed by atoms with E-state index in [9.17, 15) is 9.59 Å². The molecule has 2 saturated carbocycles. The molecular weight excluding hydrogens is 521 g/mol. The summed E-state index contributed by atoms with van der Waals surface area (Å²) < 4.78 is 23.1. The van der Waals surface area contributed by atoms with Crippen molar-refractivity contribution in [2.45, 2.75) is 68.1 Å². The Balaban J connectivity index is 1.24. The SMILES string of the molecule is CN1CCN(C2C(F)CC3C(=O)C(C(=O)Nc4ccncc4)=CN4C5CC(c6ccccc6)CCC5OC2C34)CC1. The van der Waals surface area contributed by atoms with Gasteiger partial charge in [-0.1, -0.05) is 30.3 Å². The quantitative estimate of drug-likeness (QED) is 0.577. The number of benzene rings is 1. The van der Waals surface area contributed by atoms with Crippen molar-refractivity contribution in [3.05, 3.63) is 72.2 Å². The molecule has 1 N–H and O–H groups in total. The first kappa shape index (κ1) is 26.7. The molecule has 0 spiro atoms. The number of anilines is 1. The Hall–Kier alpha value is -3.14. The molecule has 8 unspecified atom stereocenters. The number of hydrogen-bond donors (Lipinski definition) is 1. The molecule has 7 rings (SSSR count). The number of alkyl halides is 1. The molecule has 216 valence electrons. The third-order valence-electron chi connectivity index (χ3n) is 10.0. The maximum atomic E-state index is 16.2. The zero-order chi connectivity index (χ0) is 28.1. The normalized spacial score (nSPS) is 35.7. The first-order valence-corrected chi connectivity index (χ1v) is 15.0. The number of amides is 1. The molecule has 1 aromatic heterocycles. The number of hydrogen-bond acceptors (Lipinski definition) is 7. The first-order chi connectivity index (χ1) is 20.0. The summed E-state index contributed by atoms with van der Waals surface area (Å²) in [5, 5.41) is 2.86. The highest BCUT2D eigenvalue weighted by atomic mass is 19.1. The lowest BCUT2D eigenvalue weighted by Crippen LogP contribution is -2.74. The second-order valence-corrected chi connectivity index (χ2v) is 12.4. The van der Waals surface area contributed by atoms with E-state index in [1.165, 1.54) is 5.56 Å². The summed E-state index contributed by atoms with van der Waals surface area (Å²) in [7, 11) is 2.10. The molecule has 41 heavy (non-hydrogen) atoms. The third-order valence-corrected chi connectivity index (χ3v) is 10.0. The monoisotopic (exact) mass is 559 g/mol. The fourth-order valence-corrected chi connectivity index (χ4v) is 7.96. The minimum Gasteiger partial charge on any atom is -0.369 e. The Labute approximate surface area is 240 Å². The number of halogens is 1. The van der Waals surface area contributed by atoms with E-state index in [4.69, 9.17) is 4.74 Å². The summed E-state index contributed by atoms with van der Waals surface area (Å²) in [5.74, 6) is -0.993. The number of ketones is 1. The summed E-state index contributed by atoms with van der Waals surface area (Å²) in [5.41, 5.74) is 1.98. The van der Waals surface area contributed by atoms with Gasteiger partial charge in [0.05, 0.1) is 35.9 Å². The lowest BCUT2D eigenvalue weighted by molar-refractivity contribution is -0.214. The molecule has 8 atom stereocenters. The molecule has 4 heterocycles. The summed E-state index contributed by atoms with van der Waals surface area (Å²) in [6.07, 6.45) is 6.12. The number of likely N-dealkylation sites (N-methyl/N-ethyl adjacent to an activating group) is 1. The topological polar surface area (TPSA) is 78.0 Å². The van der Waals surface area contributed by atoms with E-state index >= 15 is 4.39 Å². The Morgan fingerprint density at radius 2 is 1.76 bits per heavy atom. The largest absolute Gasteiger partial charge is 0.369 e. The standard InChI is InChI=1S/C32H38FN5O3/c1-36-13-15-37(16-14-36)29-25(33)18-23-28-31(29)41-27-8-7-21(20-5-3-2-4-6-20)17-26(27)38(28)19-24(30(23)39)32(40)35-22-9-11-34-12-10-22/h2-6,9-12,19,21,23,25-29,31H,7-8,13-18H2,1H3,(H,34,35,40). The number of carbonyl (C=O) groups excluding carboxylic acids is 2. The van der Waals surface area contributed by atoms with Crippen molar-refractivity contribution < 1.29 is 18.7 Å². The summed E-state index contributed by atoms with van der Waals surface area (Å²) >= 11 is 0. The van der Waals surface area contributed by atoms with E-state index in [1.807, 2.05) is 6.07 Å². The smallest absolute Gasteiger partial charge is 0.260 e. The number of aromatic nitrogens is 1. The van der Waals surface area contributed by atoms with Gasteiger partial charge in [0.1, 0.15) is 6.17 Å². The molecule has 5 aliphatic rings. The Bertz CT molecular complexity index is 1300. The van der Waals surface area contributed by atoms with Gasteiger partial charge in [0.15, 0.2) is 5.78 Å². The van der Waals surface area contributed by atoms with Gasteiger partial charge in [0, 0.05) is 56.4 Å². The van der Waals surface area contributed by atoms with E-state index < -0.39 is 30.1 Å². The van der Waals surface area contributed by atoms with Gasteiger partial charge in [0.25, 0.3) is 5.91 Å². The van der Waals surface area contributed by atoms with Crippen LogP contribution >= 0.6 is 0 Å². The number of rotatable bonds is 4. The van der Waals surface area contributed by atoms with Crippen LogP contribution in [0.3, 0.4) is 0 Å². The van der Waals surface area contributed by atoms with E-state index in [1.54, 1.807) is 30.7 Å². The second kappa shape index (κ2) is 10.9. The Kier molecular flexibility index (Phi) is 7.13. The van der Waals surface area contributed by atoms with Crippen LogP contribution in [-0.4, -0.2) is 101 Å². The van der Waals surface area contributed by atoms with Crippen LogP contribution in [0.5, 0.6) is 0 Å². The average molecular weight is 560 g/mol. The Morgan fingerprint density at radius 1 is 1.00 bits per heavy atom. The van der Waals surface area contributed by atoms with Crippen molar-refractivity contribution in [3.63, 3.8) is 0 Å².